The van der Waals surface area contributed by atoms with E-state index in [1.54, 1.807) is 7.11 Å². The van der Waals surface area contributed by atoms with Gasteiger partial charge in [0.25, 0.3) is 0 Å². The molecule has 3 heterocycles. The molecule has 0 saturated carbocycles. The molecule has 0 spiro atoms. The second kappa shape index (κ2) is 5.14. The predicted molar refractivity (Wildman–Crippen MR) is 71.7 cm³/mol. The SMILES string of the molecule is COC[C@H](C)n1ccnc1-c1cc2n(n1)CCNC2. The van der Waals surface area contributed by atoms with Crippen LogP contribution in [-0.2, 0) is 17.8 Å². The molecule has 1 aliphatic heterocycles. The van der Waals surface area contributed by atoms with Crippen LogP contribution >= 0.6 is 0 Å². The Hall–Kier alpha value is -1.66. The number of ether oxygens (including phenoxy) is 1. The number of imidazole rings is 1. The summed E-state index contributed by atoms with van der Waals surface area (Å²) < 4.78 is 9.39. The van der Waals surface area contributed by atoms with E-state index in [4.69, 9.17) is 4.74 Å². The molecule has 0 saturated heterocycles. The van der Waals surface area contributed by atoms with Crippen molar-refractivity contribution in [1.82, 2.24) is 24.6 Å². The highest BCUT2D eigenvalue weighted by molar-refractivity contribution is 5.50. The lowest BCUT2D eigenvalue weighted by molar-refractivity contribution is 0.163. The molecule has 1 aliphatic rings. The minimum absolute atomic E-state index is 0.249. The molecule has 6 heteroatoms. The summed E-state index contributed by atoms with van der Waals surface area (Å²) in [5.74, 6) is 0.909. The van der Waals surface area contributed by atoms with Crippen LogP contribution in [0, 0.1) is 0 Å². The Balaban J connectivity index is 1.94. The molecule has 0 amide bonds. The summed E-state index contributed by atoms with van der Waals surface area (Å²) >= 11 is 0. The van der Waals surface area contributed by atoms with Crippen LogP contribution in [0.4, 0.5) is 0 Å². The Morgan fingerprint density at radius 2 is 2.42 bits per heavy atom. The molecule has 0 unspecified atom stereocenters. The van der Waals surface area contributed by atoms with Gasteiger partial charge in [-0.3, -0.25) is 4.68 Å². The van der Waals surface area contributed by atoms with Crippen molar-refractivity contribution in [3.05, 3.63) is 24.2 Å². The van der Waals surface area contributed by atoms with Crippen LogP contribution in [0.5, 0.6) is 0 Å². The van der Waals surface area contributed by atoms with Gasteiger partial charge in [0.2, 0.25) is 0 Å². The number of rotatable bonds is 4. The molecule has 1 N–H and O–H groups in total. The lowest BCUT2D eigenvalue weighted by Gasteiger charge is -2.14. The molecule has 0 bridgehead atoms. The van der Waals surface area contributed by atoms with Gasteiger partial charge in [0.1, 0.15) is 5.69 Å². The molecule has 19 heavy (non-hydrogen) atoms. The van der Waals surface area contributed by atoms with Crippen molar-refractivity contribution in [2.24, 2.45) is 0 Å². The monoisotopic (exact) mass is 261 g/mol. The van der Waals surface area contributed by atoms with E-state index < -0.39 is 0 Å². The molecular weight excluding hydrogens is 242 g/mol. The number of methoxy groups -OCH3 is 1. The van der Waals surface area contributed by atoms with Crippen molar-refractivity contribution in [2.75, 3.05) is 20.3 Å². The Labute approximate surface area is 112 Å². The van der Waals surface area contributed by atoms with Crippen LogP contribution in [0.25, 0.3) is 11.5 Å². The molecule has 2 aromatic rings. The molecule has 0 radical (unpaired) electrons. The van der Waals surface area contributed by atoms with E-state index in [2.05, 4.69) is 37.6 Å². The second-order valence-electron chi connectivity index (χ2n) is 4.88. The first-order valence-corrected chi connectivity index (χ1v) is 6.59. The standard InChI is InChI=1S/C13H19N5O/c1-10(9-19-2)17-5-4-15-13(17)12-7-11-8-14-3-6-18(11)16-12/h4-5,7,10,14H,3,6,8-9H2,1-2H3/t10-/m0/s1. The number of nitrogens with zero attached hydrogens (tertiary/aromatic N) is 4. The molecule has 102 valence electrons. The van der Waals surface area contributed by atoms with Crippen molar-refractivity contribution in [3.8, 4) is 11.5 Å². The van der Waals surface area contributed by atoms with Gasteiger partial charge >= 0.3 is 0 Å². The number of fused-ring (bicyclic) bond motifs is 1. The van der Waals surface area contributed by atoms with Gasteiger partial charge in [-0.15, -0.1) is 0 Å². The number of hydrogen-bond acceptors (Lipinski definition) is 4. The van der Waals surface area contributed by atoms with Gasteiger partial charge in [0.05, 0.1) is 24.9 Å². The summed E-state index contributed by atoms with van der Waals surface area (Å²) in [5.41, 5.74) is 2.15. The first-order valence-electron chi connectivity index (χ1n) is 6.59. The maximum atomic E-state index is 5.22. The zero-order valence-corrected chi connectivity index (χ0v) is 11.3. The molecule has 0 aliphatic carbocycles. The van der Waals surface area contributed by atoms with Gasteiger partial charge in [-0.25, -0.2) is 4.98 Å². The molecule has 0 aromatic carbocycles. The van der Waals surface area contributed by atoms with E-state index in [1.807, 2.05) is 12.4 Å². The molecular formula is C13H19N5O. The third-order valence-corrected chi connectivity index (χ3v) is 3.45. The van der Waals surface area contributed by atoms with Crippen LogP contribution in [0.3, 0.4) is 0 Å². The van der Waals surface area contributed by atoms with Gasteiger partial charge in [0, 0.05) is 32.6 Å². The fourth-order valence-electron chi connectivity index (χ4n) is 2.49. The first kappa shape index (κ1) is 12.4. The summed E-state index contributed by atoms with van der Waals surface area (Å²) in [6.07, 6.45) is 3.80. The lowest BCUT2D eigenvalue weighted by atomic mass is 10.3. The summed E-state index contributed by atoms with van der Waals surface area (Å²) in [6.45, 7) is 5.55. The van der Waals surface area contributed by atoms with E-state index in [0.29, 0.717) is 6.61 Å². The van der Waals surface area contributed by atoms with Crippen LogP contribution < -0.4 is 5.32 Å². The molecule has 2 aromatic heterocycles. The summed E-state index contributed by atoms with van der Waals surface area (Å²) in [6, 6.07) is 2.36. The van der Waals surface area contributed by atoms with E-state index in [0.717, 1.165) is 31.2 Å². The lowest BCUT2D eigenvalue weighted by Crippen LogP contribution is -2.28. The Morgan fingerprint density at radius 1 is 1.53 bits per heavy atom. The summed E-state index contributed by atoms with van der Waals surface area (Å²) in [7, 11) is 1.72. The smallest absolute Gasteiger partial charge is 0.160 e. The maximum Gasteiger partial charge on any atom is 0.160 e. The zero-order chi connectivity index (χ0) is 13.2. The summed E-state index contributed by atoms with van der Waals surface area (Å²) in [4.78, 5) is 4.44. The molecule has 0 fully saturated rings. The Bertz CT molecular complexity index is 536. The van der Waals surface area contributed by atoms with Crippen LogP contribution in [0.1, 0.15) is 18.7 Å². The number of nitrogens with one attached hydrogen (secondary N) is 1. The predicted octanol–water partition coefficient (Wildman–Crippen LogP) is 1.06. The second-order valence-corrected chi connectivity index (χ2v) is 4.88. The van der Waals surface area contributed by atoms with Crippen molar-refractivity contribution >= 4 is 0 Å². The highest BCUT2D eigenvalue weighted by atomic mass is 16.5. The average Bonchev–Trinajstić information content (AvgIpc) is 3.05. The third kappa shape index (κ3) is 2.29. The van der Waals surface area contributed by atoms with Crippen molar-refractivity contribution in [1.29, 1.82) is 0 Å². The normalized spacial score (nSPS) is 16.3. The number of aromatic nitrogens is 4. The fourth-order valence-corrected chi connectivity index (χ4v) is 2.49. The van der Waals surface area contributed by atoms with Gasteiger partial charge in [-0.1, -0.05) is 0 Å². The minimum atomic E-state index is 0.249. The van der Waals surface area contributed by atoms with Crippen LogP contribution in [0.15, 0.2) is 18.5 Å². The zero-order valence-electron chi connectivity index (χ0n) is 11.3. The minimum Gasteiger partial charge on any atom is -0.383 e. The van der Waals surface area contributed by atoms with Crippen molar-refractivity contribution in [3.63, 3.8) is 0 Å². The van der Waals surface area contributed by atoms with Crippen molar-refractivity contribution in [2.45, 2.75) is 26.1 Å². The number of hydrogen-bond donors (Lipinski definition) is 1. The van der Waals surface area contributed by atoms with E-state index in [-0.39, 0.29) is 6.04 Å². The van der Waals surface area contributed by atoms with Gasteiger partial charge < -0.3 is 14.6 Å². The topological polar surface area (TPSA) is 56.9 Å². The van der Waals surface area contributed by atoms with E-state index >= 15 is 0 Å². The molecule has 1 atom stereocenters. The van der Waals surface area contributed by atoms with Crippen LogP contribution in [-0.4, -0.2) is 39.6 Å². The van der Waals surface area contributed by atoms with Gasteiger partial charge in [-0.05, 0) is 13.0 Å². The van der Waals surface area contributed by atoms with Crippen molar-refractivity contribution < 1.29 is 4.74 Å². The summed E-state index contributed by atoms with van der Waals surface area (Å²) in [5, 5.41) is 8.00. The highest BCUT2D eigenvalue weighted by Gasteiger charge is 2.17. The first-order chi connectivity index (χ1) is 9.29. The fraction of sp³-hybridized carbons (Fsp3) is 0.538. The Kier molecular flexibility index (Phi) is 3.35. The molecule has 6 nitrogen and oxygen atoms in total. The largest absolute Gasteiger partial charge is 0.383 e. The van der Waals surface area contributed by atoms with Crippen LogP contribution in [0.2, 0.25) is 0 Å². The van der Waals surface area contributed by atoms with E-state index in [9.17, 15) is 0 Å². The maximum absolute atomic E-state index is 5.22. The van der Waals surface area contributed by atoms with E-state index in [1.165, 1.54) is 5.69 Å². The molecule has 3 rings (SSSR count). The van der Waals surface area contributed by atoms with Gasteiger partial charge in [0.15, 0.2) is 5.82 Å². The third-order valence-electron chi connectivity index (χ3n) is 3.45. The van der Waals surface area contributed by atoms with Gasteiger partial charge in [-0.2, -0.15) is 5.10 Å². The Morgan fingerprint density at radius 3 is 3.21 bits per heavy atom. The average molecular weight is 261 g/mol. The quantitative estimate of drug-likeness (QED) is 0.894. The highest BCUT2D eigenvalue weighted by Crippen LogP contribution is 2.22.